The summed E-state index contributed by atoms with van der Waals surface area (Å²) in [6.07, 6.45) is 0.0269. The summed E-state index contributed by atoms with van der Waals surface area (Å²) in [5.41, 5.74) is 2.07. The summed E-state index contributed by atoms with van der Waals surface area (Å²) >= 11 is 0. The largest absolute Gasteiger partial charge is 0.383 e. The van der Waals surface area contributed by atoms with Crippen LogP contribution in [0.4, 0.5) is 8.78 Å². The smallest absolute Gasteiger partial charge is 0.244 e. The quantitative estimate of drug-likeness (QED) is 0.475. The third-order valence-corrected chi connectivity index (χ3v) is 7.51. The topological polar surface area (TPSA) is 82.8 Å². The van der Waals surface area contributed by atoms with Crippen molar-refractivity contribution in [3.63, 3.8) is 0 Å². The van der Waals surface area contributed by atoms with Crippen molar-refractivity contribution < 1.29 is 22.0 Å². The molecular formula is C25H21F2N3O3S. The molecule has 0 unspecified atom stereocenters. The Balaban J connectivity index is 1.49. The van der Waals surface area contributed by atoms with Crippen LogP contribution in [0.1, 0.15) is 35.6 Å². The zero-order valence-corrected chi connectivity index (χ0v) is 18.9. The number of sulfonamides is 1. The van der Waals surface area contributed by atoms with E-state index in [1.807, 2.05) is 6.07 Å². The molecule has 3 aromatic carbocycles. The first-order valence-corrected chi connectivity index (χ1v) is 12.0. The molecule has 0 aromatic heterocycles. The van der Waals surface area contributed by atoms with E-state index in [0.717, 1.165) is 0 Å². The predicted octanol–water partition coefficient (Wildman–Crippen LogP) is 4.78. The highest BCUT2D eigenvalue weighted by Crippen LogP contribution is 2.28. The number of hydrogen-bond donors (Lipinski definition) is 0. The van der Waals surface area contributed by atoms with Gasteiger partial charge in [0.15, 0.2) is 6.10 Å². The molecular weight excluding hydrogens is 460 g/mol. The molecule has 0 radical (unpaired) electrons. The van der Waals surface area contributed by atoms with Crippen LogP contribution in [0, 0.1) is 23.0 Å². The van der Waals surface area contributed by atoms with Crippen LogP contribution in [0.5, 0.6) is 0 Å². The molecule has 0 atom stereocenters. The van der Waals surface area contributed by atoms with Crippen LogP contribution in [0.2, 0.25) is 0 Å². The molecule has 6 nitrogen and oxygen atoms in total. The summed E-state index contributed by atoms with van der Waals surface area (Å²) in [5, 5.41) is 13.5. The van der Waals surface area contributed by atoms with E-state index in [9.17, 15) is 22.5 Å². The van der Waals surface area contributed by atoms with Crippen LogP contribution in [-0.4, -0.2) is 31.5 Å². The van der Waals surface area contributed by atoms with Gasteiger partial charge in [0.05, 0.1) is 16.2 Å². The van der Waals surface area contributed by atoms with Gasteiger partial charge in [0, 0.05) is 25.9 Å². The number of benzene rings is 3. The molecule has 1 aliphatic heterocycles. The van der Waals surface area contributed by atoms with E-state index < -0.39 is 16.1 Å². The van der Waals surface area contributed by atoms with Crippen molar-refractivity contribution in [3.05, 3.63) is 101 Å². The number of oxime groups is 1. The number of piperidine rings is 1. The summed E-state index contributed by atoms with van der Waals surface area (Å²) in [6, 6.07) is 19.6. The lowest BCUT2D eigenvalue weighted by molar-refractivity contribution is 0.0855. The molecule has 34 heavy (non-hydrogen) atoms. The second-order valence-corrected chi connectivity index (χ2v) is 9.66. The van der Waals surface area contributed by atoms with Gasteiger partial charge in [0.1, 0.15) is 17.7 Å². The zero-order valence-electron chi connectivity index (χ0n) is 18.1. The molecule has 1 saturated heterocycles. The number of rotatable bonds is 6. The van der Waals surface area contributed by atoms with Gasteiger partial charge < -0.3 is 4.84 Å². The van der Waals surface area contributed by atoms with Crippen molar-refractivity contribution in [2.24, 2.45) is 5.16 Å². The van der Waals surface area contributed by atoms with Gasteiger partial charge in [-0.3, -0.25) is 0 Å². The van der Waals surface area contributed by atoms with Gasteiger partial charge in [-0.2, -0.15) is 9.57 Å². The van der Waals surface area contributed by atoms with Gasteiger partial charge in [-0.15, -0.1) is 0 Å². The zero-order chi connectivity index (χ0) is 24.1. The van der Waals surface area contributed by atoms with Crippen molar-refractivity contribution in [1.29, 1.82) is 5.26 Å². The fourth-order valence-corrected chi connectivity index (χ4v) is 5.30. The molecule has 0 amide bonds. The Labute approximate surface area is 196 Å². The standard InChI is InChI=1S/C25H21F2N3O3S/c26-21-9-5-18(6-10-21)25(19-7-11-22(27)12-8-19)33-29-23-13-15-30(16-14-23)34(31,32)24-4-2-1-3-20(24)17-28/h1-12,25H,13-16H2. The van der Waals surface area contributed by atoms with Crippen LogP contribution >= 0.6 is 0 Å². The predicted molar refractivity (Wildman–Crippen MR) is 122 cm³/mol. The van der Waals surface area contributed by atoms with E-state index in [-0.39, 0.29) is 35.2 Å². The molecule has 0 saturated carbocycles. The maximum Gasteiger partial charge on any atom is 0.244 e. The molecule has 174 valence electrons. The maximum atomic E-state index is 13.4. The lowest BCUT2D eigenvalue weighted by Crippen LogP contribution is -2.39. The van der Waals surface area contributed by atoms with Gasteiger partial charge in [-0.25, -0.2) is 17.2 Å². The molecule has 1 aliphatic rings. The van der Waals surface area contributed by atoms with Gasteiger partial charge in [-0.05, 0) is 47.5 Å². The third kappa shape index (κ3) is 5.14. The number of halogens is 2. The fraction of sp³-hybridized carbons (Fsp3) is 0.200. The molecule has 1 fully saturated rings. The van der Waals surface area contributed by atoms with Crippen LogP contribution < -0.4 is 0 Å². The Morgan fingerprint density at radius 3 is 1.94 bits per heavy atom. The minimum absolute atomic E-state index is 0.0122. The molecule has 1 heterocycles. The normalized spacial score (nSPS) is 14.6. The number of hydrogen-bond acceptors (Lipinski definition) is 5. The SMILES string of the molecule is N#Cc1ccccc1S(=O)(=O)N1CCC(=NOC(c2ccc(F)cc2)c2ccc(F)cc2)CC1. The highest BCUT2D eigenvalue weighted by atomic mass is 32.2. The van der Waals surface area contributed by atoms with Gasteiger partial charge in [-0.1, -0.05) is 41.6 Å². The van der Waals surface area contributed by atoms with Crippen molar-refractivity contribution in [2.75, 3.05) is 13.1 Å². The Kier molecular flexibility index (Phi) is 7.01. The van der Waals surface area contributed by atoms with Crippen LogP contribution in [0.3, 0.4) is 0 Å². The lowest BCUT2D eigenvalue weighted by atomic mass is 10.0. The van der Waals surface area contributed by atoms with E-state index in [2.05, 4.69) is 5.16 Å². The Morgan fingerprint density at radius 1 is 0.882 bits per heavy atom. The van der Waals surface area contributed by atoms with E-state index in [1.165, 1.54) is 40.7 Å². The summed E-state index contributed by atoms with van der Waals surface area (Å²) in [5.74, 6) is -0.779. The Hall–Kier alpha value is -3.61. The van der Waals surface area contributed by atoms with E-state index >= 15 is 0 Å². The second-order valence-electron chi connectivity index (χ2n) is 7.76. The van der Waals surface area contributed by atoms with E-state index in [1.54, 1.807) is 36.4 Å². The first kappa shape index (κ1) is 23.5. The van der Waals surface area contributed by atoms with Gasteiger partial charge >= 0.3 is 0 Å². The lowest BCUT2D eigenvalue weighted by Gasteiger charge is -2.27. The van der Waals surface area contributed by atoms with E-state index in [0.29, 0.717) is 29.7 Å². The third-order valence-electron chi connectivity index (χ3n) is 5.56. The Bertz CT molecular complexity index is 1280. The highest BCUT2D eigenvalue weighted by Gasteiger charge is 2.30. The summed E-state index contributed by atoms with van der Waals surface area (Å²) in [6.45, 7) is 0.393. The molecule has 0 bridgehead atoms. The summed E-state index contributed by atoms with van der Waals surface area (Å²) < 4.78 is 54.1. The summed E-state index contributed by atoms with van der Waals surface area (Å²) in [4.78, 5) is 5.80. The van der Waals surface area contributed by atoms with Crippen molar-refractivity contribution >= 4 is 15.7 Å². The van der Waals surface area contributed by atoms with Crippen LogP contribution in [-0.2, 0) is 14.9 Å². The van der Waals surface area contributed by atoms with Crippen LogP contribution in [0.25, 0.3) is 0 Å². The average Bonchev–Trinajstić information content (AvgIpc) is 2.86. The van der Waals surface area contributed by atoms with E-state index in [4.69, 9.17) is 4.84 Å². The monoisotopic (exact) mass is 481 g/mol. The highest BCUT2D eigenvalue weighted by molar-refractivity contribution is 7.89. The first-order chi connectivity index (χ1) is 16.4. The minimum Gasteiger partial charge on any atom is -0.383 e. The number of nitrogens with zero attached hydrogens (tertiary/aromatic N) is 3. The molecule has 0 aliphatic carbocycles. The molecule has 0 spiro atoms. The molecule has 0 N–H and O–H groups in total. The summed E-state index contributed by atoms with van der Waals surface area (Å²) in [7, 11) is -3.81. The van der Waals surface area contributed by atoms with Crippen molar-refractivity contribution in [3.8, 4) is 6.07 Å². The molecule has 4 rings (SSSR count). The van der Waals surface area contributed by atoms with Crippen molar-refractivity contribution in [2.45, 2.75) is 23.8 Å². The second kappa shape index (κ2) is 10.1. The van der Waals surface area contributed by atoms with Crippen LogP contribution in [0.15, 0.2) is 82.8 Å². The Morgan fingerprint density at radius 2 is 1.41 bits per heavy atom. The van der Waals surface area contributed by atoms with Gasteiger partial charge in [0.2, 0.25) is 10.0 Å². The molecule has 9 heteroatoms. The maximum absolute atomic E-state index is 13.4. The fourth-order valence-electron chi connectivity index (χ4n) is 3.72. The first-order valence-electron chi connectivity index (χ1n) is 10.6. The average molecular weight is 482 g/mol. The molecule has 3 aromatic rings. The van der Waals surface area contributed by atoms with Gasteiger partial charge in [0.25, 0.3) is 0 Å². The van der Waals surface area contributed by atoms with Crippen molar-refractivity contribution in [1.82, 2.24) is 4.31 Å². The minimum atomic E-state index is -3.81. The number of nitriles is 1.